The molecule has 2 rings (SSSR count). The molecular weight excluding hydrogens is 214 g/mol. The molecule has 1 aromatic rings. The van der Waals surface area contributed by atoms with Gasteiger partial charge in [-0.15, -0.1) is 0 Å². The molecule has 4 heteroatoms. The Labute approximate surface area is 101 Å². The summed E-state index contributed by atoms with van der Waals surface area (Å²) in [5.41, 5.74) is 8.03. The first-order valence-corrected chi connectivity index (χ1v) is 5.78. The molecule has 4 nitrogen and oxygen atoms in total. The van der Waals surface area contributed by atoms with Crippen LogP contribution in [0.3, 0.4) is 0 Å². The van der Waals surface area contributed by atoms with Crippen LogP contribution in [-0.4, -0.2) is 25.5 Å². The Morgan fingerprint density at radius 3 is 2.94 bits per heavy atom. The molecule has 4 N–H and O–H groups in total. The van der Waals surface area contributed by atoms with Crippen LogP contribution in [0.25, 0.3) is 0 Å². The second-order valence-corrected chi connectivity index (χ2v) is 4.08. The van der Waals surface area contributed by atoms with Gasteiger partial charge < -0.3 is 16.4 Å². The highest BCUT2D eigenvalue weighted by Gasteiger charge is 2.08. The summed E-state index contributed by atoms with van der Waals surface area (Å²) in [6, 6.07) is 7.32. The van der Waals surface area contributed by atoms with Crippen molar-refractivity contribution in [2.45, 2.75) is 6.42 Å². The van der Waals surface area contributed by atoms with Gasteiger partial charge in [0.2, 0.25) is 0 Å². The number of hydrogen-bond donors (Lipinski definition) is 3. The maximum absolute atomic E-state index is 11.2. The molecular formula is C13H17N3O. The molecule has 0 saturated heterocycles. The number of carbonyl (C=O) groups is 1. The van der Waals surface area contributed by atoms with Gasteiger partial charge in [0.15, 0.2) is 0 Å². The molecule has 1 heterocycles. The summed E-state index contributed by atoms with van der Waals surface area (Å²) in [4.78, 5) is 11.2. The van der Waals surface area contributed by atoms with Crippen molar-refractivity contribution in [1.82, 2.24) is 5.32 Å². The van der Waals surface area contributed by atoms with E-state index >= 15 is 0 Å². The van der Waals surface area contributed by atoms with Crippen molar-refractivity contribution in [3.8, 4) is 0 Å². The predicted molar refractivity (Wildman–Crippen MR) is 69.0 cm³/mol. The fourth-order valence-corrected chi connectivity index (χ4v) is 1.89. The summed E-state index contributed by atoms with van der Waals surface area (Å²) in [6.07, 6.45) is 3.23. The zero-order valence-electron chi connectivity index (χ0n) is 9.70. The molecule has 17 heavy (non-hydrogen) atoms. The van der Waals surface area contributed by atoms with Crippen LogP contribution < -0.4 is 16.4 Å². The third-order valence-electron chi connectivity index (χ3n) is 2.86. The second-order valence-electron chi connectivity index (χ2n) is 4.08. The largest absolute Gasteiger partial charge is 0.381 e. The summed E-state index contributed by atoms with van der Waals surface area (Å²) >= 11 is 0. The van der Waals surface area contributed by atoms with Crippen molar-refractivity contribution >= 4 is 11.6 Å². The molecule has 0 saturated carbocycles. The summed E-state index contributed by atoms with van der Waals surface area (Å²) in [5, 5.41) is 6.53. The number of nitrogens with one attached hydrogen (secondary N) is 2. The molecule has 1 amide bonds. The average Bonchev–Trinajstić information content (AvgIpc) is 2.38. The van der Waals surface area contributed by atoms with Gasteiger partial charge in [-0.05, 0) is 25.1 Å². The van der Waals surface area contributed by atoms with E-state index < -0.39 is 5.91 Å². The van der Waals surface area contributed by atoms with Crippen molar-refractivity contribution in [2.75, 3.05) is 25.0 Å². The van der Waals surface area contributed by atoms with Crippen LogP contribution in [0, 0.1) is 0 Å². The van der Waals surface area contributed by atoms with Crippen LogP contribution in [0.1, 0.15) is 16.8 Å². The first kappa shape index (κ1) is 11.7. The summed E-state index contributed by atoms with van der Waals surface area (Å²) in [7, 11) is 0. The quantitative estimate of drug-likeness (QED) is 0.680. The molecule has 1 aromatic carbocycles. The molecule has 1 aliphatic heterocycles. The lowest BCUT2D eigenvalue weighted by molar-refractivity contribution is 0.100. The Hall–Kier alpha value is -1.81. The molecule has 0 bridgehead atoms. The zero-order valence-corrected chi connectivity index (χ0v) is 9.70. The maximum Gasteiger partial charge on any atom is 0.250 e. The topological polar surface area (TPSA) is 67.2 Å². The van der Waals surface area contributed by atoms with Crippen LogP contribution in [-0.2, 0) is 0 Å². The van der Waals surface area contributed by atoms with Gasteiger partial charge in [-0.25, -0.2) is 0 Å². The fraction of sp³-hybridized carbons (Fsp3) is 0.308. The zero-order chi connectivity index (χ0) is 12.1. The molecule has 0 fully saturated rings. The van der Waals surface area contributed by atoms with E-state index in [0.29, 0.717) is 5.56 Å². The van der Waals surface area contributed by atoms with Gasteiger partial charge in [0.05, 0.1) is 5.56 Å². The van der Waals surface area contributed by atoms with Gasteiger partial charge in [-0.2, -0.15) is 0 Å². The lowest BCUT2D eigenvalue weighted by Gasteiger charge is -2.16. The predicted octanol–water partition coefficient (Wildman–Crippen LogP) is 1.12. The highest BCUT2D eigenvalue weighted by atomic mass is 16.1. The van der Waals surface area contributed by atoms with Crippen molar-refractivity contribution in [3.05, 3.63) is 41.5 Å². The first-order valence-electron chi connectivity index (χ1n) is 5.78. The van der Waals surface area contributed by atoms with E-state index in [0.717, 1.165) is 31.7 Å². The third kappa shape index (κ3) is 3.07. The standard InChI is InChI=1S/C13H17N3O/c14-13(17)11-3-1-2-4-12(11)16-9-10-5-7-15-8-6-10/h1-5,15-16H,6-9H2,(H2,14,17). The number of nitrogens with two attached hydrogens (primary N) is 1. The van der Waals surface area contributed by atoms with E-state index in [1.54, 1.807) is 6.07 Å². The number of carbonyl (C=O) groups excluding carboxylic acids is 1. The number of amides is 1. The maximum atomic E-state index is 11.2. The minimum atomic E-state index is -0.396. The minimum Gasteiger partial charge on any atom is -0.381 e. The lowest BCUT2D eigenvalue weighted by Crippen LogP contribution is -2.23. The highest BCUT2D eigenvalue weighted by molar-refractivity contribution is 5.98. The monoisotopic (exact) mass is 231 g/mol. The fourth-order valence-electron chi connectivity index (χ4n) is 1.89. The van der Waals surface area contributed by atoms with E-state index in [-0.39, 0.29) is 0 Å². The Morgan fingerprint density at radius 1 is 1.41 bits per heavy atom. The molecule has 0 radical (unpaired) electrons. The number of para-hydroxylation sites is 1. The van der Waals surface area contributed by atoms with Crippen LogP contribution in [0.5, 0.6) is 0 Å². The van der Waals surface area contributed by atoms with Gasteiger partial charge >= 0.3 is 0 Å². The van der Waals surface area contributed by atoms with Crippen LogP contribution in [0.15, 0.2) is 35.9 Å². The number of hydrogen-bond acceptors (Lipinski definition) is 3. The van der Waals surface area contributed by atoms with Crippen molar-refractivity contribution in [3.63, 3.8) is 0 Å². The second kappa shape index (κ2) is 5.50. The van der Waals surface area contributed by atoms with Gasteiger partial charge in [0.1, 0.15) is 0 Å². The minimum absolute atomic E-state index is 0.396. The molecule has 1 aliphatic rings. The Balaban J connectivity index is 2.03. The van der Waals surface area contributed by atoms with E-state index in [9.17, 15) is 4.79 Å². The van der Waals surface area contributed by atoms with E-state index in [2.05, 4.69) is 16.7 Å². The smallest absolute Gasteiger partial charge is 0.250 e. The number of rotatable bonds is 4. The van der Waals surface area contributed by atoms with Gasteiger partial charge in [0, 0.05) is 18.8 Å². The highest BCUT2D eigenvalue weighted by Crippen LogP contribution is 2.15. The van der Waals surface area contributed by atoms with Crippen LogP contribution in [0.2, 0.25) is 0 Å². The van der Waals surface area contributed by atoms with E-state index in [1.165, 1.54) is 5.57 Å². The van der Waals surface area contributed by atoms with Gasteiger partial charge in [-0.3, -0.25) is 4.79 Å². The SMILES string of the molecule is NC(=O)c1ccccc1NCC1=CCNCC1. The number of benzene rings is 1. The molecule has 0 spiro atoms. The normalized spacial score (nSPS) is 15.2. The molecule has 0 unspecified atom stereocenters. The molecule has 0 aliphatic carbocycles. The van der Waals surface area contributed by atoms with Gasteiger partial charge in [-0.1, -0.05) is 23.8 Å². The van der Waals surface area contributed by atoms with Crippen molar-refractivity contribution in [2.24, 2.45) is 5.73 Å². The van der Waals surface area contributed by atoms with Crippen LogP contribution >= 0.6 is 0 Å². The van der Waals surface area contributed by atoms with E-state index in [1.807, 2.05) is 18.2 Å². The van der Waals surface area contributed by atoms with Crippen molar-refractivity contribution in [1.29, 1.82) is 0 Å². The first-order chi connectivity index (χ1) is 8.27. The third-order valence-corrected chi connectivity index (χ3v) is 2.86. The Kier molecular flexibility index (Phi) is 3.77. The lowest BCUT2D eigenvalue weighted by atomic mass is 10.1. The average molecular weight is 231 g/mol. The molecule has 90 valence electrons. The Bertz CT molecular complexity index is 440. The summed E-state index contributed by atoms with van der Waals surface area (Å²) in [5.74, 6) is -0.396. The van der Waals surface area contributed by atoms with E-state index in [4.69, 9.17) is 5.73 Å². The van der Waals surface area contributed by atoms with Crippen molar-refractivity contribution < 1.29 is 4.79 Å². The number of primary amides is 1. The molecule has 0 atom stereocenters. The van der Waals surface area contributed by atoms with Gasteiger partial charge in [0.25, 0.3) is 5.91 Å². The Morgan fingerprint density at radius 2 is 2.24 bits per heavy atom. The number of anilines is 1. The molecule has 0 aromatic heterocycles. The van der Waals surface area contributed by atoms with Crippen LogP contribution in [0.4, 0.5) is 5.69 Å². The summed E-state index contributed by atoms with van der Waals surface area (Å²) < 4.78 is 0. The summed E-state index contributed by atoms with van der Waals surface area (Å²) in [6.45, 7) is 2.71.